The van der Waals surface area contributed by atoms with E-state index in [1.165, 1.54) is 0 Å². The third-order valence-corrected chi connectivity index (χ3v) is 5.47. The van der Waals surface area contributed by atoms with Crippen LogP contribution >= 0.6 is 0 Å². The molecule has 1 N–H and O–H groups in total. The van der Waals surface area contributed by atoms with Crippen molar-refractivity contribution in [1.29, 1.82) is 0 Å². The summed E-state index contributed by atoms with van der Waals surface area (Å²) >= 11 is 0. The number of likely N-dealkylation sites (tertiary alicyclic amines) is 1. The summed E-state index contributed by atoms with van der Waals surface area (Å²) in [5.41, 5.74) is 2.66. The Morgan fingerprint density at radius 1 is 1.21 bits per heavy atom. The van der Waals surface area contributed by atoms with Crippen LogP contribution in [-0.4, -0.2) is 51.6 Å². The summed E-state index contributed by atoms with van der Waals surface area (Å²) in [6.45, 7) is 1.03. The molecule has 0 spiro atoms. The molecule has 0 aliphatic carbocycles. The van der Waals surface area contributed by atoms with Gasteiger partial charge in [-0.15, -0.1) is 0 Å². The third-order valence-electron chi connectivity index (χ3n) is 5.47. The standard InChI is InChI=1S/C22H24N4O3/c1-25-11-6-9-19(25)17-13-18(24-23-17)22(28)26-12-5-7-15(14-26)21(27)16-8-3-4-10-20(16)29-2/h3-4,6,8-11,13,15H,5,7,12,14H2,1-2H3,(H,23,24)/t15-/m0/s1. The molecule has 7 nitrogen and oxygen atoms in total. The van der Waals surface area contributed by atoms with Gasteiger partial charge in [0.1, 0.15) is 17.1 Å². The first-order chi connectivity index (χ1) is 14.1. The van der Waals surface area contributed by atoms with Crippen LogP contribution in [0.4, 0.5) is 0 Å². The molecule has 3 aromatic rings. The summed E-state index contributed by atoms with van der Waals surface area (Å²) in [5, 5.41) is 7.14. The normalized spacial score (nSPS) is 16.6. The zero-order valence-electron chi connectivity index (χ0n) is 16.6. The molecule has 1 saturated heterocycles. The predicted molar refractivity (Wildman–Crippen MR) is 109 cm³/mol. The quantitative estimate of drug-likeness (QED) is 0.677. The lowest BCUT2D eigenvalue weighted by Crippen LogP contribution is -2.42. The Morgan fingerprint density at radius 2 is 2.03 bits per heavy atom. The second-order valence-electron chi connectivity index (χ2n) is 7.33. The van der Waals surface area contributed by atoms with E-state index in [2.05, 4.69) is 10.2 Å². The van der Waals surface area contributed by atoms with Gasteiger partial charge in [-0.05, 0) is 43.2 Å². The van der Waals surface area contributed by atoms with Crippen molar-refractivity contribution in [2.45, 2.75) is 12.8 Å². The van der Waals surface area contributed by atoms with E-state index in [9.17, 15) is 9.59 Å². The van der Waals surface area contributed by atoms with E-state index in [0.29, 0.717) is 30.1 Å². The molecule has 0 unspecified atom stereocenters. The van der Waals surface area contributed by atoms with E-state index < -0.39 is 0 Å². The van der Waals surface area contributed by atoms with E-state index in [0.717, 1.165) is 24.2 Å². The van der Waals surface area contributed by atoms with E-state index >= 15 is 0 Å². The molecular weight excluding hydrogens is 368 g/mol. The number of ether oxygens (including phenoxy) is 1. The molecule has 0 saturated carbocycles. The van der Waals surface area contributed by atoms with Crippen LogP contribution in [-0.2, 0) is 7.05 Å². The molecule has 1 aliphatic rings. The minimum absolute atomic E-state index is 0.0223. The van der Waals surface area contributed by atoms with Gasteiger partial charge in [0.05, 0.1) is 18.4 Å². The van der Waals surface area contributed by atoms with Gasteiger partial charge in [0, 0.05) is 32.3 Å². The van der Waals surface area contributed by atoms with Crippen molar-refractivity contribution in [2.75, 3.05) is 20.2 Å². The number of amides is 1. The number of carbonyl (C=O) groups excluding carboxylic acids is 2. The average Bonchev–Trinajstić information content (AvgIpc) is 3.41. The van der Waals surface area contributed by atoms with Gasteiger partial charge in [-0.2, -0.15) is 5.10 Å². The molecule has 2 aromatic heterocycles. The molecule has 1 aliphatic heterocycles. The van der Waals surface area contributed by atoms with Gasteiger partial charge in [0.15, 0.2) is 5.78 Å². The van der Waals surface area contributed by atoms with Crippen molar-refractivity contribution in [3.05, 3.63) is 59.9 Å². The number of nitrogens with one attached hydrogen (secondary N) is 1. The molecule has 1 aromatic carbocycles. The summed E-state index contributed by atoms with van der Waals surface area (Å²) in [6, 6.07) is 12.9. The maximum Gasteiger partial charge on any atom is 0.271 e. The summed E-state index contributed by atoms with van der Waals surface area (Å²) in [7, 11) is 3.50. The fraction of sp³-hybridized carbons (Fsp3) is 0.318. The highest BCUT2D eigenvalue weighted by molar-refractivity contribution is 6.01. The van der Waals surface area contributed by atoms with Gasteiger partial charge < -0.3 is 14.2 Å². The maximum atomic E-state index is 13.0. The van der Waals surface area contributed by atoms with Gasteiger partial charge >= 0.3 is 0 Å². The number of hydrogen-bond donors (Lipinski definition) is 1. The van der Waals surface area contributed by atoms with E-state index in [1.807, 2.05) is 42.1 Å². The molecule has 3 heterocycles. The van der Waals surface area contributed by atoms with E-state index in [4.69, 9.17) is 4.74 Å². The Bertz CT molecular complexity index is 1040. The van der Waals surface area contributed by atoms with Gasteiger partial charge in [-0.1, -0.05) is 12.1 Å². The third kappa shape index (κ3) is 3.68. The molecular formula is C22H24N4O3. The first kappa shape index (κ1) is 19.0. The van der Waals surface area contributed by atoms with Crippen LogP contribution in [0.15, 0.2) is 48.7 Å². The minimum atomic E-state index is -0.237. The van der Waals surface area contributed by atoms with Crippen molar-refractivity contribution in [2.24, 2.45) is 13.0 Å². The second kappa shape index (κ2) is 7.95. The van der Waals surface area contributed by atoms with Gasteiger partial charge in [0.2, 0.25) is 0 Å². The van der Waals surface area contributed by atoms with Crippen LogP contribution in [0.1, 0.15) is 33.7 Å². The number of ketones is 1. The van der Waals surface area contributed by atoms with E-state index in [-0.39, 0.29) is 17.6 Å². The van der Waals surface area contributed by atoms with E-state index in [1.54, 1.807) is 30.2 Å². The Labute approximate surface area is 169 Å². The number of Topliss-reactive ketones (excluding diaryl/α,β-unsaturated/α-hetero) is 1. The number of piperidine rings is 1. The summed E-state index contributed by atoms with van der Waals surface area (Å²) in [5.74, 6) is 0.227. The zero-order valence-corrected chi connectivity index (χ0v) is 16.6. The summed E-state index contributed by atoms with van der Waals surface area (Å²) in [6.07, 6.45) is 3.48. The van der Waals surface area contributed by atoms with Crippen LogP contribution in [0.25, 0.3) is 11.4 Å². The topological polar surface area (TPSA) is 80.2 Å². The van der Waals surface area contributed by atoms with Gasteiger partial charge in [-0.3, -0.25) is 14.7 Å². The number of rotatable bonds is 5. The molecule has 29 heavy (non-hydrogen) atoms. The number of aryl methyl sites for hydroxylation is 1. The highest BCUT2D eigenvalue weighted by Crippen LogP contribution is 2.27. The largest absolute Gasteiger partial charge is 0.496 e. The average molecular weight is 392 g/mol. The lowest BCUT2D eigenvalue weighted by atomic mass is 9.89. The fourth-order valence-electron chi connectivity index (χ4n) is 3.90. The first-order valence-electron chi connectivity index (χ1n) is 9.72. The maximum absolute atomic E-state index is 13.0. The predicted octanol–water partition coefficient (Wildman–Crippen LogP) is 3.16. The number of hydrogen-bond acceptors (Lipinski definition) is 4. The van der Waals surface area contributed by atoms with Crippen LogP contribution in [0, 0.1) is 5.92 Å². The molecule has 0 bridgehead atoms. The van der Waals surface area contributed by atoms with Gasteiger partial charge in [-0.25, -0.2) is 0 Å². The monoisotopic (exact) mass is 392 g/mol. The lowest BCUT2D eigenvalue weighted by molar-refractivity contribution is 0.0631. The number of H-pyrrole nitrogens is 1. The number of para-hydroxylation sites is 1. The van der Waals surface area contributed by atoms with Crippen molar-refractivity contribution >= 4 is 11.7 Å². The van der Waals surface area contributed by atoms with Crippen molar-refractivity contribution in [1.82, 2.24) is 19.7 Å². The fourth-order valence-corrected chi connectivity index (χ4v) is 3.90. The minimum Gasteiger partial charge on any atom is -0.496 e. The highest BCUT2D eigenvalue weighted by atomic mass is 16.5. The Balaban J connectivity index is 1.50. The van der Waals surface area contributed by atoms with Crippen LogP contribution in [0.3, 0.4) is 0 Å². The Kier molecular flexibility index (Phi) is 5.20. The molecule has 1 atom stereocenters. The van der Waals surface area contributed by atoms with Crippen LogP contribution in [0.5, 0.6) is 5.75 Å². The SMILES string of the molecule is COc1ccccc1C(=O)[C@H]1CCCN(C(=O)c2cc(-c3cccn3C)n[nH]2)C1. The first-order valence-corrected chi connectivity index (χ1v) is 9.72. The number of aromatic nitrogens is 3. The number of nitrogens with zero attached hydrogens (tertiary/aromatic N) is 3. The second-order valence-corrected chi connectivity index (χ2v) is 7.33. The summed E-state index contributed by atoms with van der Waals surface area (Å²) in [4.78, 5) is 27.8. The molecule has 7 heteroatoms. The lowest BCUT2D eigenvalue weighted by Gasteiger charge is -2.31. The van der Waals surface area contributed by atoms with Gasteiger partial charge in [0.25, 0.3) is 5.91 Å². The number of methoxy groups -OCH3 is 1. The van der Waals surface area contributed by atoms with Crippen LogP contribution < -0.4 is 4.74 Å². The van der Waals surface area contributed by atoms with Crippen molar-refractivity contribution in [3.8, 4) is 17.1 Å². The molecule has 1 fully saturated rings. The number of benzene rings is 1. The molecule has 0 radical (unpaired) electrons. The smallest absolute Gasteiger partial charge is 0.271 e. The Hall–Kier alpha value is -3.35. The molecule has 4 rings (SSSR count). The number of carbonyl (C=O) groups is 2. The zero-order chi connectivity index (χ0) is 20.4. The van der Waals surface area contributed by atoms with Crippen molar-refractivity contribution < 1.29 is 14.3 Å². The highest BCUT2D eigenvalue weighted by Gasteiger charge is 2.31. The molecule has 1 amide bonds. The number of aromatic amines is 1. The molecule has 150 valence electrons. The van der Waals surface area contributed by atoms with Crippen molar-refractivity contribution in [3.63, 3.8) is 0 Å². The summed E-state index contributed by atoms with van der Waals surface area (Å²) < 4.78 is 7.28. The Morgan fingerprint density at radius 3 is 2.79 bits per heavy atom. The van der Waals surface area contributed by atoms with Crippen LogP contribution in [0.2, 0.25) is 0 Å².